The lowest BCUT2D eigenvalue weighted by molar-refractivity contribution is 0.102. The fraction of sp³-hybridized carbons (Fsp3) is 0.353. The molecule has 2 aromatic rings. The van der Waals surface area contributed by atoms with Crippen LogP contribution in [0.15, 0.2) is 36.8 Å². The largest absolute Gasteiger partial charge is 0.493 e. The van der Waals surface area contributed by atoms with E-state index in [9.17, 15) is 4.79 Å². The lowest BCUT2D eigenvalue weighted by atomic mass is 10.2. The Morgan fingerprint density at radius 3 is 2.74 bits per heavy atom. The van der Waals surface area contributed by atoms with Crippen molar-refractivity contribution in [2.24, 2.45) is 0 Å². The van der Waals surface area contributed by atoms with Crippen LogP contribution in [-0.4, -0.2) is 29.1 Å². The second-order valence-corrected chi connectivity index (χ2v) is 5.44. The molecule has 0 bridgehead atoms. The Balaban J connectivity index is 1.77. The standard InChI is InChI=1S/C17H19N3O3/c1-22-14-7-6-12(10-15(14)23-13-4-2-3-5-13)17(21)20-16-8-9-18-11-19-16/h6-11,13H,2-5H2,1H3,(H,18,19,20,21). The Labute approximate surface area is 134 Å². The molecule has 0 atom stereocenters. The van der Waals surface area contributed by atoms with E-state index in [4.69, 9.17) is 9.47 Å². The number of aromatic nitrogens is 2. The minimum atomic E-state index is -0.248. The van der Waals surface area contributed by atoms with Crippen LogP contribution in [0.2, 0.25) is 0 Å². The summed E-state index contributed by atoms with van der Waals surface area (Å²) in [5, 5.41) is 2.73. The van der Waals surface area contributed by atoms with E-state index in [2.05, 4.69) is 15.3 Å². The summed E-state index contributed by atoms with van der Waals surface area (Å²) < 4.78 is 11.3. The highest BCUT2D eigenvalue weighted by Gasteiger charge is 2.19. The van der Waals surface area contributed by atoms with Gasteiger partial charge in [-0.1, -0.05) is 0 Å². The third kappa shape index (κ3) is 3.77. The van der Waals surface area contributed by atoms with Crippen molar-refractivity contribution in [3.05, 3.63) is 42.4 Å². The highest BCUT2D eigenvalue weighted by molar-refractivity contribution is 6.04. The van der Waals surface area contributed by atoms with Crippen LogP contribution in [0.25, 0.3) is 0 Å². The Bertz CT molecular complexity index is 670. The summed E-state index contributed by atoms with van der Waals surface area (Å²) in [4.78, 5) is 20.1. The number of benzene rings is 1. The molecule has 1 N–H and O–H groups in total. The van der Waals surface area contributed by atoms with Crippen LogP contribution < -0.4 is 14.8 Å². The van der Waals surface area contributed by atoms with Crippen molar-refractivity contribution in [2.75, 3.05) is 12.4 Å². The molecule has 0 unspecified atom stereocenters. The first kappa shape index (κ1) is 15.3. The molecule has 0 spiro atoms. The summed E-state index contributed by atoms with van der Waals surface area (Å²) >= 11 is 0. The second kappa shape index (κ2) is 7.09. The number of carbonyl (C=O) groups excluding carboxylic acids is 1. The van der Waals surface area contributed by atoms with Gasteiger partial charge in [-0.25, -0.2) is 9.97 Å². The van der Waals surface area contributed by atoms with Crippen LogP contribution in [0.5, 0.6) is 11.5 Å². The van der Waals surface area contributed by atoms with Gasteiger partial charge in [0.1, 0.15) is 12.1 Å². The third-order valence-corrected chi connectivity index (χ3v) is 3.85. The molecule has 1 aliphatic carbocycles. The predicted molar refractivity (Wildman–Crippen MR) is 85.9 cm³/mol. The van der Waals surface area contributed by atoms with E-state index in [-0.39, 0.29) is 12.0 Å². The van der Waals surface area contributed by atoms with Gasteiger partial charge in [0.2, 0.25) is 0 Å². The van der Waals surface area contributed by atoms with Gasteiger partial charge in [-0.2, -0.15) is 0 Å². The normalized spacial score (nSPS) is 14.5. The van der Waals surface area contributed by atoms with Crippen molar-refractivity contribution in [3.63, 3.8) is 0 Å². The molecule has 1 aromatic carbocycles. The van der Waals surface area contributed by atoms with E-state index in [1.54, 1.807) is 37.6 Å². The fourth-order valence-electron chi connectivity index (χ4n) is 2.65. The highest BCUT2D eigenvalue weighted by Crippen LogP contribution is 2.32. The van der Waals surface area contributed by atoms with Gasteiger partial charge in [0.15, 0.2) is 11.5 Å². The van der Waals surface area contributed by atoms with Crippen LogP contribution in [0.1, 0.15) is 36.0 Å². The highest BCUT2D eigenvalue weighted by atomic mass is 16.5. The molecular formula is C17H19N3O3. The molecule has 3 rings (SSSR count). The van der Waals surface area contributed by atoms with Gasteiger partial charge in [0, 0.05) is 11.8 Å². The predicted octanol–water partition coefficient (Wildman–Crippen LogP) is 3.06. The molecule has 0 radical (unpaired) electrons. The van der Waals surface area contributed by atoms with Crippen LogP contribution in [0.3, 0.4) is 0 Å². The summed E-state index contributed by atoms with van der Waals surface area (Å²) in [5.41, 5.74) is 0.498. The number of amides is 1. The molecule has 1 heterocycles. The molecule has 0 aliphatic heterocycles. The van der Waals surface area contributed by atoms with Gasteiger partial charge >= 0.3 is 0 Å². The summed E-state index contributed by atoms with van der Waals surface area (Å²) in [6, 6.07) is 6.81. The number of ether oxygens (including phenoxy) is 2. The molecule has 0 saturated heterocycles. The van der Waals surface area contributed by atoms with Crippen molar-refractivity contribution in [1.29, 1.82) is 0 Å². The maximum atomic E-state index is 12.3. The smallest absolute Gasteiger partial charge is 0.256 e. The van der Waals surface area contributed by atoms with E-state index in [0.29, 0.717) is 22.9 Å². The van der Waals surface area contributed by atoms with E-state index in [1.165, 1.54) is 19.2 Å². The first-order valence-corrected chi connectivity index (χ1v) is 7.68. The van der Waals surface area contributed by atoms with Crippen LogP contribution in [-0.2, 0) is 0 Å². The molecular weight excluding hydrogens is 294 g/mol. The first-order valence-electron chi connectivity index (χ1n) is 7.68. The Morgan fingerprint density at radius 2 is 2.04 bits per heavy atom. The zero-order valence-corrected chi connectivity index (χ0v) is 13.0. The fourth-order valence-corrected chi connectivity index (χ4v) is 2.65. The monoisotopic (exact) mass is 313 g/mol. The zero-order valence-electron chi connectivity index (χ0n) is 13.0. The molecule has 1 aliphatic rings. The molecule has 6 heteroatoms. The molecule has 1 fully saturated rings. The Hall–Kier alpha value is -2.63. The van der Waals surface area contributed by atoms with Gasteiger partial charge in [-0.3, -0.25) is 4.79 Å². The van der Waals surface area contributed by atoms with Gasteiger partial charge in [0.05, 0.1) is 13.2 Å². The maximum Gasteiger partial charge on any atom is 0.256 e. The number of carbonyl (C=O) groups is 1. The molecule has 6 nitrogen and oxygen atoms in total. The number of anilines is 1. The molecule has 1 amide bonds. The number of hydrogen-bond donors (Lipinski definition) is 1. The lowest BCUT2D eigenvalue weighted by Crippen LogP contribution is -2.15. The molecule has 1 aromatic heterocycles. The quantitative estimate of drug-likeness (QED) is 0.918. The van der Waals surface area contributed by atoms with E-state index in [1.807, 2.05) is 0 Å². The van der Waals surface area contributed by atoms with Crippen molar-refractivity contribution >= 4 is 11.7 Å². The molecule has 23 heavy (non-hydrogen) atoms. The second-order valence-electron chi connectivity index (χ2n) is 5.44. The van der Waals surface area contributed by atoms with Crippen LogP contribution in [0.4, 0.5) is 5.82 Å². The van der Waals surface area contributed by atoms with Crippen molar-refractivity contribution in [3.8, 4) is 11.5 Å². The van der Waals surface area contributed by atoms with Crippen LogP contribution in [0, 0.1) is 0 Å². The number of rotatable bonds is 5. The van der Waals surface area contributed by atoms with Gasteiger partial charge in [-0.15, -0.1) is 0 Å². The summed E-state index contributed by atoms with van der Waals surface area (Å²) in [7, 11) is 1.59. The minimum absolute atomic E-state index is 0.198. The Morgan fingerprint density at radius 1 is 1.22 bits per heavy atom. The van der Waals surface area contributed by atoms with Crippen molar-refractivity contribution < 1.29 is 14.3 Å². The Kier molecular flexibility index (Phi) is 4.71. The first-order chi connectivity index (χ1) is 11.3. The zero-order chi connectivity index (χ0) is 16.1. The van der Waals surface area contributed by atoms with E-state index < -0.39 is 0 Å². The summed E-state index contributed by atoms with van der Waals surface area (Å²) in [6.45, 7) is 0. The van der Waals surface area contributed by atoms with Gasteiger partial charge < -0.3 is 14.8 Å². The average molecular weight is 313 g/mol. The topological polar surface area (TPSA) is 73.3 Å². The summed E-state index contributed by atoms with van der Waals surface area (Å²) in [5.74, 6) is 1.45. The van der Waals surface area contributed by atoms with Gasteiger partial charge in [0.25, 0.3) is 5.91 Å². The third-order valence-electron chi connectivity index (χ3n) is 3.85. The van der Waals surface area contributed by atoms with E-state index >= 15 is 0 Å². The molecule has 1 saturated carbocycles. The number of methoxy groups -OCH3 is 1. The molecule has 120 valence electrons. The maximum absolute atomic E-state index is 12.3. The lowest BCUT2D eigenvalue weighted by Gasteiger charge is -2.16. The minimum Gasteiger partial charge on any atom is -0.493 e. The SMILES string of the molecule is COc1ccc(C(=O)Nc2ccncn2)cc1OC1CCCC1. The number of nitrogens with one attached hydrogen (secondary N) is 1. The number of hydrogen-bond acceptors (Lipinski definition) is 5. The van der Waals surface area contributed by atoms with Crippen molar-refractivity contribution in [1.82, 2.24) is 9.97 Å². The van der Waals surface area contributed by atoms with Crippen molar-refractivity contribution in [2.45, 2.75) is 31.8 Å². The average Bonchev–Trinajstić information content (AvgIpc) is 3.09. The van der Waals surface area contributed by atoms with Crippen LogP contribution >= 0.6 is 0 Å². The number of nitrogens with zero attached hydrogens (tertiary/aromatic N) is 2. The summed E-state index contributed by atoms with van der Waals surface area (Å²) in [6.07, 6.45) is 7.61. The van der Waals surface area contributed by atoms with E-state index in [0.717, 1.165) is 12.8 Å². The van der Waals surface area contributed by atoms with Gasteiger partial charge in [-0.05, 0) is 49.9 Å².